The average Bonchev–Trinajstić information content (AvgIpc) is 2.28. The summed E-state index contributed by atoms with van der Waals surface area (Å²) in [6.07, 6.45) is 1.96. The molecule has 1 atom stereocenters. The highest BCUT2D eigenvalue weighted by atomic mass is 16.5. The summed E-state index contributed by atoms with van der Waals surface area (Å²) in [5, 5.41) is 14.6. The zero-order valence-corrected chi connectivity index (χ0v) is 10.3. The number of methoxy groups -OCH3 is 1. The first-order valence-electron chi connectivity index (χ1n) is 5.78. The van der Waals surface area contributed by atoms with Crippen LogP contribution in [-0.4, -0.2) is 51.0 Å². The molecule has 0 saturated heterocycles. The van der Waals surface area contributed by atoms with Crippen LogP contribution in [0.2, 0.25) is 0 Å². The molecule has 96 valence electrons. The second kappa shape index (κ2) is 10.9. The Kier molecular flexibility index (Phi) is 10.4. The summed E-state index contributed by atoms with van der Waals surface area (Å²) in [5.74, 6) is 0.338. The van der Waals surface area contributed by atoms with Gasteiger partial charge in [-0.1, -0.05) is 6.92 Å². The molecule has 0 aliphatic heterocycles. The Labute approximate surface area is 97.6 Å². The van der Waals surface area contributed by atoms with E-state index < -0.39 is 0 Å². The number of hydrogen-bond acceptors (Lipinski definition) is 4. The first kappa shape index (κ1) is 15.3. The Bertz CT molecular complexity index is 177. The van der Waals surface area contributed by atoms with Crippen LogP contribution in [0, 0.1) is 5.92 Å². The zero-order valence-electron chi connectivity index (χ0n) is 10.3. The van der Waals surface area contributed by atoms with Gasteiger partial charge < -0.3 is 20.5 Å². The maximum atomic E-state index is 11.2. The van der Waals surface area contributed by atoms with Crippen LogP contribution in [0.5, 0.6) is 0 Å². The van der Waals surface area contributed by atoms with Crippen LogP contribution in [0.15, 0.2) is 0 Å². The molecule has 0 saturated carbocycles. The van der Waals surface area contributed by atoms with Crippen LogP contribution >= 0.6 is 0 Å². The molecule has 16 heavy (non-hydrogen) atoms. The van der Waals surface area contributed by atoms with Crippen LogP contribution in [0.1, 0.15) is 19.8 Å². The molecule has 0 aromatic rings. The van der Waals surface area contributed by atoms with Crippen molar-refractivity contribution in [2.24, 2.45) is 5.92 Å². The Morgan fingerprint density at radius 1 is 1.44 bits per heavy atom. The second-order valence-corrected chi connectivity index (χ2v) is 3.95. The fourth-order valence-electron chi connectivity index (χ4n) is 1.22. The summed E-state index contributed by atoms with van der Waals surface area (Å²) in [5.41, 5.74) is 0. The van der Waals surface area contributed by atoms with Gasteiger partial charge in [-0.3, -0.25) is 4.79 Å². The van der Waals surface area contributed by atoms with E-state index in [1.54, 1.807) is 7.11 Å². The van der Waals surface area contributed by atoms with Gasteiger partial charge in [0.1, 0.15) is 0 Å². The lowest BCUT2D eigenvalue weighted by Gasteiger charge is -2.08. The number of nitrogens with one attached hydrogen (secondary N) is 2. The highest BCUT2D eigenvalue weighted by Gasteiger charge is 2.01. The monoisotopic (exact) mass is 232 g/mol. The summed E-state index contributed by atoms with van der Waals surface area (Å²) in [6, 6.07) is 0. The van der Waals surface area contributed by atoms with Gasteiger partial charge in [0.25, 0.3) is 0 Å². The minimum atomic E-state index is -0.00717. The number of aliphatic hydroxyl groups is 1. The van der Waals surface area contributed by atoms with Crippen molar-refractivity contribution in [1.82, 2.24) is 10.6 Å². The van der Waals surface area contributed by atoms with Crippen molar-refractivity contribution in [1.29, 1.82) is 0 Å². The second-order valence-electron chi connectivity index (χ2n) is 3.95. The summed E-state index contributed by atoms with van der Waals surface area (Å²) in [7, 11) is 1.60. The molecule has 0 aliphatic rings. The quantitative estimate of drug-likeness (QED) is 0.454. The maximum Gasteiger partial charge on any atom is 0.234 e. The number of amides is 1. The van der Waals surface area contributed by atoms with E-state index in [1.807, 2.05) is 6.92 Å². The van der Waals surface area contributed by atoms with Crippen molar-refractivity contribution in [2.45, 2.75) is 19.8 Å². The standard InChI is InChI=1S/C11H24N2O3/c1-10(9-14)4-3-5-12-8-11(15)13-6-7-16-2/h10,12,14H,3-9H2,1-2H3,(H,13,15). The van der Waals surface area contributed by atoms with Crippen LogP contribution < -0.4 is 10.6 Å². The van der Waals surface area contributed by atoms with Crippen molar-refractivity contribution in [3.05, 3.63) is 0 Å². The van der Waals surface area contributed by atoms with Crippen LogP contribution in [0.25, 0.3) is 0 Å². The molecule has 0 bridgehead atoms. The molecular formula is C11H24N2O3. The maximum absolute atomic E-state index is 11.2. The largest absolute Gasteiger partial charge is 0.396 e. The van der Waals surface area contributed by atoms with Gasteiger partial charge in [0.15, 0.2) is 0 Å². The van der Waals surface area contributed by atoms with E-state index in [4.69, 9.17) is 9.84 Å². The van der Waals surface area contributed by atoms with Crippen molar-refractivity contribution in [3.63, 3.8) is 0 Å². The van der Waals surface area contributed by atoms with Crippen molar-refractivity contribution in [3.8, 4) is 0 Å². The molecule has 3 N–H and O–H groups in total. The molecule has 1 unspecified atom stereocenters. The van der Waals surface area contributed by atoms with Gasteiger partial charge in [-0.2, -0.15) is 0 Å². The summed E-state index contributed by atoms with van der Waals surface area (Å²) >= 11 is 0. The number of rotatable bonds is 10. The lowest BCUT2D eigenvalue weighted by molar-refractivity contribution is -0.120. The molecule has 1 amide bonds. The fourth-order valence-corrected chi connectivity index (χ4v) is 1.22. The summed E-state index contributed by atoms with van der Waals surface area (Å²) < 4.78 is 4.82. The smallest absolute Gasteiger partial charge is 0.234 e. The molecule has 0 aliphatic carbocycles. The molecule has 0 spiro atoms. The van der Waals surface area contributed by atoms with E-state index in [2.05, 4.69) is 10.6 Å². The molecule has 0 aromatic heterocycles. The Hall–Kier alpha value is -0.650. The predicted molar refractivity (Wildman–Crippen MR) is 63.2 cm³/mol. The Morgan fingerprint density at radius 3 is 2.81 bits per heavy atom. The number of hydrogen-bond donors (Lipinski definition) is 3. The van der Waals surface area contributed by atoms with E-state index in [1.165, 1.54) is 0 Å². The van der Waals surface area contributed by atoms with E-state index in [0.717, 1.165) is 19.4 Å². The number of aliphatic hydroxyl groups excluding tert-OH is 1. The third kappa shape index (κ3) is 9.89. The Balaban J connectivity index is 3.21. The Morgan fingerprint density at radius 2 is 2.19 bits per heavy atom. The third-order valence-electron chi connectivity index (χ3n) is 2.28. The van der Waals surface area contributed by atoms with Gasteiger partial charge in [0.2, 0.25) is 5.91 Å². The predicted octanol–water partition coefficient (Wildman–Crippen LogP) is -0.253. The van der Waals surface area contributed by atoms with Gasteiger partial charge in [0, 0.05) is 20.3 Å². The van der Waals surface area contributed by atoms with E-state index in [-0.39, 0.29) is 12.5 Å². The first-order valence-corrected chi connectivity index (χ1v) is 5.78. The SMILES string of the molecule is COCCNC(=O)CNCCCC(C)CO. The van der Waals surface area contributed by atoms with E-state index in [9.17, 15) is 4.79 Å². The van der Waals surface area contributed by atoms with Crippen molar-refractivity contribution < 1.29 is 14.6 Å². The van der Waals surface area contributed by atoms with Crippen LogP contribution in [0.4, 0.5) is 0 Å². The summed E-state index contributed by atoms with van der Waals surface area (Å²) in [4.78, 5) is 11.2. The van der Waals surface area contributed by atoms with Gasteiger partial charge in [-0.15, -0.1) is 0 Å². The minimum Gasteiger partial charge on any atom is -0.396 e. The molecule has 0 radical (unpaired) electrons. The van der Waals surface area contributed by atoms with Gasteiger partial charge in [-0.05, 0) is 25.3 Å². The first-order chi connectivity index (χ1) is 7.70. The molecule has 0 heterocycles. The number of carbonyl (C=O) groups is 1. The van der Waals surface area contributed by atoms with Crippen molar-refractivity contribution >= 4 is 5.91 Å². The highest BCUT2D eigenvalue weighted by Crippen LogP contribution is 2.02. The zero-order chi connectivity index (χ0) is 12.2. The van der Waals surface area contributed by atoms with Gasteiger partial charge in [0.05, 0.1) is 13.2 Å². The molecule has 0 aromatic carbocycles. The third-order valence-corrected chi connectivity index (χ3v) is 2.28. The lowest BCUT2D eigenvalue weighted by atomic mass is 10.1. The van der Waals surface area contributed by atoms with Crippen LogP contribution in [0.3, 0.4) is 0 Å². The number of ether oxygens (including phenoxy) is 1. The van der Waals surface area contributed by atoms with Gasteiger partial charge >= 0.3 is 0 Å². The molecular weight excluding hydrogens is 208 g/mol. The fraction of sp³-hybridized carbons (Fsp3) is 0.909. The van der Waals surface area contributed by atoms with Crippen LogP contribution in [-0.2, 0) is 9.53 Å². The van der Waals surface area contributed by atoms with Crippen molar-refractivity contribution in [2.75, 3.05) is 40.0 Å². The number of carbonyl (C=O) groups excluding carboxylic acids is 1. The summed E-state index contributed by atoms with van der Waals surface area (Å²) in [6.45, 7) is 4.49. The molecule has 5 nitrogen and oxygen atoms in total. The van der Waals surface area contributed by atoms with E-state index in [0.29, 0.717) is 25.6 Å². The minimum absolute atomic E-state index is 0.00717. The molecule has 0 fully saturated rings. The highest BCUT2D eigenvalue weighted by molar-refractivity contribution is 5.77. The average molecular weight is 232 g/mol. The molecule has 5 heteroatoms. The normalized spacial score (nSPS) is 12.4. The lowest BCUT2D eigenvalue weighted by Crippen LogP contribution is -2.35. The van der Waals surface area contributed by atoms with E-state index >= 15 is 0 Å². The van der Waals surface area contributed by atoms with Gasteiger partial charge in [-0.25, -0.2) is 0 Å². The molecule has 0 rings (SSSR count). The topological polar surface area (TPSA) is 70.6 Å².